The van der Waals surface area contributed by atoms with Crippen LogP contribution in [0.15, 0.2) is 52.9 Å². The summed E-state index contributed by atoms with van der Waals surface area (Å²) in [5.74, 6) is 2.85. The number of nitrogens with zero attached hydrogens (tertiary/aromatic N) is 3. The number of ether oxygens (including phenoxy) is 2. The minimum atomic E-state index is 0.182. The van der Waals surface area contributed by atoms with Gasteiger partial charge in [0.2, 0.25) is 5.89 Å². The average Bonchev–Trinajstić information content (AvgIpc) is 3.33. The maximum Gasteiger partial charge on any atom is 0.264 e. The molecule has 0 aliphatic rings. The second-order valence-electron chi connectivity index (χ2n) is 7.00. The molecular weight excluding hydrogens is 354 g/mol. The Labute approximate surface area is 163 Å². The number of hydrogen-bond donors (Lipinski definition) is 0. The minimum absolute atomic E-state index is 0.182. The van der Waals surface area contributed by atoms with Gasteiger partial charge in [0.1, 0.15) is 17.2 Å². The molecule has 0 N–H and O–H groups in total. The first-order chi connectivity index (χ1) is 13.6. The zero-order valence-corrected chi connectivity index (χ0v) is 16.5. The van der Waals surface area contributed by atoms with Crippen LogP contribution in [0.2, 0.25) is 0 Å². The maximum atomic E-state index is 5.94. The van der Waals surface area contributed by atoms with E-state index in [-0.39, 0.29) is 5.92 Å². The summed E-state index contributed by atoms with van der Waals surface area (Å²) in [6.45, 7) is 4.69. The number of fused-ring (bicyclic) bond motifs is 1. The van der Waals surface area contributed by atoms with E-state index in [0.717, 1.165) is 33.7 Å². The van der Waals surface area contributed by atoms with Gasteiger partial charge in [-0.25, -0.2) is 0 Å². The van der Waals surface area contributed by atoms with E-state index in [9.17, 15) is 0 Å². The Balaban J connectivity index is 1.83. The van der Waals surface area contributed by atoms with E-state index in [1.165, 1.54) is 0 Å². The molecule has 144 valence electrons. The van der Waals surface area contributed by atoms with Gasteiger partial charge in [0.25, 0.3) is 5.89 Å². The second-order valence-corrected chi connectivity index (χ2v) is 7.00. The van der Waals surface area contributed by atoms with Crippen LogP contribution in [0.4, 0.5) is 0 Å². The molecule has 0 saturated heterocycles. The van der Waals surface area contributed by atoms with Gasteiger partial charge in [0.15, 0.2) is 0 Å². The van der Waals surface area contributed by atoms with E-state index in [4.69, 9.17) is 13.9 Å². The van der Waals surface area contributed by atoms with Crippen molar-refractivity contribution in [3.63, 3.8) is 0 Å². The average molecular weight is 377 g/mol. The summed E-state index contributed by atoms with van der Waals surface area (Å²) in [6, 6.07) is 16.2. The highest BCUT2D eigenvalue weighted by Crippen LogP contribution is 2.31. The molecule has 0 spiro atoms. The van der Waals surface area contributed by atoms with Gasteiger partial charge in [-0.3, -0.25) is 0 Å². The van der Waals surface area contributed by atoms with Crippen molar-refractivity contribution in [3.05, 3.63) is 60.0 Å². The van der Waals surface area contributed by atoms with E-state index < -0.39 is 0 Å². The summed E-state index contributed by atoms with van der Waals surface area (Å²) in [6.07, 6.45) is 0. The number of aromatic nitrogens is 3. The van der Waals surface area contributed by atoms with Crippen LogP contribution in [-0.4, -0.2) is 29.0 Å². The van der Waals surface area contributed by atoms with Crippen molar-refractivity contribution in [3.8, 4) is 23.1 Å². The molecule has 0 fully saturated rings. The highest BCUT2D eigenvalue weighted by molar-refractivity contribution is 5.85. The summed E-state index contributed by atoms with van der Waals surface area (Å²) in [5, 5.41) is 9.60. The Hall–Kier alpha value is -3.28. The molecule has 4 aromatic rings. The molecule has 0 aliphatic carbocycles. The van der Waals surface area contributed by atoms with Crippen molar-refractivity contribution in [2.24, 2.45) is 0 Å². The molecule has 28 heavy (non-hydrogen) atoms. The lowest BCUT2D eigenvalue weighted by molar-refractivity contribution is 0.393. The molecule has 0 aliphatic heterocycles. The quantitative estimate of drug-likeness (QED) is 0.479. The fourth-order valence-electron chi connectivity index (χ4n) is 3.27. The lowest BCUT2D eigenvalue weighted by Gasteiger charge is -2.12. The van der Waals surface area contributed by atoms with Gasteiger partial charge in [0.05, 0.1) is 14.2 Å². The van der Waals surface area contributed by atoms with Crippen LogP contribution in [0.5, 0.6) is 11.5 Å². The monoisotopic (exact) mass is 377 g/mol. The first-order valence-corrected chi connectivity index (χ1v) is 9.23. The fraction of sp³-hybridized carbons (Fsp3) is 0.273. The van der Waals surface area contributed by atoms with E-state index in [2.05, 4.69) is 33.0 Å². The smallest absolute Gasteiger partial charge is 0.264 e. The molecule has 4 rings (SSSR count). The normalized spacial score (nSPS) is 11.3. The Morgan fingerprint density at radius 3 is 2.32 bits per heavy atom. The van der Waals surface area contributed by atoms with Crippen LogP contribution in [-0.2, 0) is 6.54 Å². The third-order valence-corrected chi connectivity index (χ3v) is 4.72. The third-order valence-electron chi connectivity index (χ3n) is 4.72. The standard InChI is InChI=1S/C22H23N3O3/c1-14(2)21-23-24-22(28-21)20-11-16-7-5-6-8-19(16)25(20)13-15-9-17(26-3)12-18(10-15)27-4/h5-12,14H,13H2,1-4H3. The zero-order valence-electron chi connectivity index (χ0n) is 16.5. The predicted molar refractivity (Wildman–Crippen MR) is 108 cm³/mol. The summed E-state index contributed by atoms with van der Waals surface area (Å²) >= 11 is 0. The highest BCUT2D eigenvalue weighted by atomic mass is 16.5. The van der Waals surface area contributed by atoms with Crippen molar-refractivity contribution < 1.29 is 13.9 Å². The van der Waals surface area contributed by atoms with Gasteiger partial charge < -0.3 is 18.5 Å². The van der Waals surface area contributed by atoms with Gasteiger partial charge in [-0.1, -0.05) is 32.0 Å². The number of hydrogen-bond acceptors (Lipinski definition) is 5. The Morgan fingerprint density at radius 2 is 1.68 bits per heavy atom. The highest BCUT2D eigenvalue weighted by Gasteiger charge is 2.18. The van der Waals surface area contributed by atoms with E-state index >= 15 is 0 Å². The van der Waals surface area contributed by atoms with Crippen molar-refractivity contribution in [2.45, 2.75) is 26.3 Å². The minimum Gasteiger partial charge on any atom is -0.497 e. The SMILES string of the molecule is COc1cc(Cn2c(-c3nnc(C(C)C)o3)cc3ccccc32)cc(OC)c1. The molecule has 2 aromatic heterocycles. The molecule has 0 amide bonds. The second kappa shape index (κ2) is 7.38. The molecular formula is C22H23N3O3. The summed E-state index contributed by atoms with van der Waals surface area (Å²) in [4.78, 5) is 0. The maximum absolute atomic E-state index is 5.94. The van der Waals surface area contributed by atoms with Crippen LogP contribution in [0.1, 0.15) is 31.2 Å². The lowest BCUT2D eigenvalue weighted by atomic mass is 10.2. The topological polar surface area (TPSA) is 62.3 Å². The molecule has 0 atom stereocenters. The number of benzene rings is 2. The number of para-hydroxylation sites is 1. The summed E-state index contributed by atoms with van der Waals surface area (Å²) in [5.41, 5.74) is 3.05. The number of rotatable bonds is 6. The Bertz CT molecular complexity index is 1090. The first kappa shape index (κ1) is 18.1. The van der Waals surface area contributed by atoms with Crippen LogP contribution in [0, 0.1) is 0 Å². The first-order valence-electron chi connectivity index (χ1n) is 9.23. The van der Waals surface area contributed by atoms with Crippen molar-refractivity contribution in [1.82, 2.24) is 14.8 Å². The van der Waals surface area contributed by atoms with Gasteiger partial charge >= 0.3 is 0 Å². The largest absolute Gasteiger partial charge is 0.497 e. The van der Waals surface area contributed by atoms with Crippen LogP contribution < -0.4 is 9.47 Å². The van der Waals surface area contributed by atoms with Gasteiger partial charge in [-0.15, -0.1) is 10.2 Å². The Kier molecular flexibility index (Phi) is 4.77. The molecule has 6 nitrogen and oxygen atoms in total. The summed E-state index contributed by atoms with van der Waals surface area (Å²) < 4.78 is 19.0. The lowest BCUT2D eigenvalue weighted by Crippen LogP contribution is -2.03. The van der Waals surface area contributed by atoms with Gasteiger partial charge in [-0.2, -0.15) is 0 Å². The van der Waals surface area contributed by atoms with Gasteiger partial charge in [0, 0.05) is 29.4 Å². The summed E-state index contributed by atoms with van der Waals surface area (Å²) in [7, 11) is 3.31. The predicted octanol–water partition coefficient (Wildman–Crippen LogP) is 4.88. The molecule has 2 aromatic carbocycles. The van der Waals surface area contributed by atoms with Crippen LogP contribution >= 0.6 is 0 Å². The van der Waals surface area contributed by atoms with Crippen molar-refractivity contribution in [2.75, 3.05) is 14.2 Å². The van der Waals surface area contributed by atoms with E-state index in [1.807, 2.05) is 44.2 Å². The number of methoxy groups -OCH3 is 2. The van der Waals surface area contributed by atoms with Crippen LogP contribution in [0.3, 0.4) is 0 Å². The molecule has 0 radical (unpaired) electrons. The molecule has 6 heteroatoms. The molecule has 2 heterocycles. The fourth-order valence-corrected chi connectivity index (χ4v) is 3.27. The van der Waals surface area contributed by atoms with E-state index in [1.54, 1.807) is 14.2 Å². The van der Waals surface area contributed by atoms with Gasteiger partial charge in [-0.05, 0) is 29.8 Å². The zero-order chi connectivity index (χ0) is 19.7. The Morgan fingerprint density at radius 1 is 0.964 bits per heavy atom. The van der Waals surface area contributed by atoms with Crippen molar-refractivity contribution >= 4 is 10.9 Å². The molecule has 0 saturated carbocycles. The van der Waals surface area contributed by atoms with Crippen molar-refractivity contribution in [1.29, 1.82) is 0 Å². The molecule has 0 bridgehead atoms. The van der Waals surface area contributed by atoms with E-state index in [0.29, 0.717) is 18.3 Å². The third kappa shape index (κ3) is 3.33. The van der Waals surface area contributed by atoms with Crippen LogP contribution in [0.25, 0.3) is 22.5 Å². The molecule has 0 unspecified atom stereocenters.